The van der Waals surface area contributed by atoms with Gasteiger partial charge in [-0.3, -0.25) is 25.8 Å². The lowest BCUT2D eigenvalue weighted by Crippen LogP contribution is -2.48. The lowest BCUT2D eigenvalue weighted by molar-refractivity contribution is -0.121. The molecule has 0 saturated carbocycles. The molecule has 8 heteroatoms. The quantitative estimate of drug-likeness (QED) is 0.327. The van der Waals surface area contributed by atoms with E-state index in [2.05, 4.69) is 34.4 Å². The van der Waals surface area contributed by atoms with Gasteiger partial charge in [0, 0.05) is 23.3 Å². The van der Waals surface area contributed by atoms with E-state index in [0.29, 0.717) is 24.3 Å². The average Bonchev–Trinajstić information content (AvgIpc) is 3.32. The summed E-state index contributed by atoms with van der Waals surface area (Å²) < 4.78 is 5.73. The number of carbonyl (C=O) groups is 2. The van der Waals surface area contributed by atoms with Gasteiger partial charge in [0.15, 0.2) is 5.11 Å². The molecule has 0 aliphatic heterocycles. The average molecular weight is 468 g/mol. The van der Waals surface area contributed by atoms with Crippen LogP contribution in [-0.2, 0) is 17.6 Å². The largest absolute Gasteiger partial charge is 0.493 e. The van der Waals surface area contributed by atoms with Crippen molar-refractivity contribution in [3.63, 3.8) is 0 Å². The number of carbonyl (C=O) groups excluding carboxylic acids is 2. The fourth-order valence-corrected chi connectivity index (χ4v) is 3.80. The molecule has 1 aromatic heterocycles. The van der Waals surface area contributed by atoms with Crippen molar-refractivity contribution in [2.75, 3.05) is 6.61 Å². The maximum absolute atomic E-state index is 12.3. The minimum atomic E-state index is -0.370. The summed E-state index contributed by atoms with van der Waals surface area (Å²) in [5.41, 5.74) is 6.71. The second kappa shape index (κ2) is 12.6. The molecule has 1 heterocycles. The second-order valence-electron chi connectivity index (χ2n) is 7.00. The van der Waals surface area contributed by atoms with Crippen LogP contribution < -0.4 is 20.9 Å². The van der Waals surface area contributed by atoms with Gasteiger partial charge in [0.25, 0.3) is 5.91 Å². The second-order valence-corrected chi connectivity index (χ2v) is 8.44. The number of rotatable bonds is 9. The predicted molar refractivity (Wildman–Crippen MR) is 131 cm³/mol. The van der Waals surface area contributed by atoms with Gasteiger partial charge in [0.1, 0.15) is 5.75 Å². The van der Waals surface area contributed by atoms with Gasteiger partial charge in [-0.2, -0.15) is 0 Å². The molecular weight excluding hydrogens is 442 g/mol. The van der Waals surface area contributed by atoms with Crippen molar-refractivity contribution in [2.45, 2.75) is 25.7 Å². The molecule has 3 N–H and O–H groups in total. The Morgan fingerprint density at radius 3 is 2.41 bits per heavy atom. The summed E-state index contributed by atoms with van der Waals surface area (Å²) in [4.78, 5) is 25.5. The number of hydrogen-bond acceptors (Lipinski definition) is 5. The SMILES string of the molecule is O=C(CCCc1cccs1)NNC(=S)NC(=O)c1ccc(OCCc2ccccc2)cc1. The van der Waals surface area contributed by atoms with Crippen molar-refractivity contribution < 1.29 is 14.3 Å². The van der Waals surface area contributed by atoms with E-state index in [-0.39, 0.29) is 16.9 Å². The molecule has 0 radical (unpaired) electrons. The van der Waals surface area contributed by atoms with E-state index in [1.165, 1.54) is 10.4 Å². The molecule has 0 saturated heterocycles. The lowest BCUT2D eigenvalue weighted by atomic mass is 10.2. The van der Waals surface area contributed by atoms with Gasteiger partial charge in [-0.1, -0.05) is 36.4 Å². The molecule has 0 bridgehead atoms. The van der Waals surface area contributed by atoms with Crippen molar-refractivity contribution in [2.24, 2.45) is 0 Å². The van der Waals surface area contributed by atoms with Crippen molar-refractivity contribution in [1.82, 2.24) is 16.2 Å². The highest BCUT2D eigenvalue weighted by Gasteiger charge is 2.09. The van der Waals surface area contributed by atoms with Gasteiger partial charge in [0.05, 0.1) is 6.61 Å². The van der Waals surface area contributed by atoms with E-state index in [9.17, 15) is 9.59 Å². The third-order valence-corrected chi connectivity index (χ3v) is 5.71. The maximum atomic E-state index is 12.3. The fourth-order valence-electron chi connectivity index (χ4n) is 2.91. The van der Waals surface area contributed by atoms with Crippen LogP contribution in [-0.4, -0.2) is 23.5 Å². The number of ether oxygens (including phenoxy) is 1. The molecule has 3 rings (SSSR count). The Bertz CT molecular complexity index is 1010. The molecule has 3 aromatic rings. The summed E-state index contributed by atoms with van der Waals surface area (Å²) in [5, 5.41) is 4.59. The Morgan fingerprint density at radius 2 is 1.69 bits per heavy atom. The first-order valence-corrected chi connectivity index (χ1v) is 11.6. The summed E-state index contributed by atoms with van der Waals surface area (Å²) >= 11 is 6.75. The molecule has 0 aliphatic carbocycles. The van der Waals surface area contributed by atoms with Gasteiger partial charge in [0.2, 0.25) is 5.91 Å². The standard InChI is InChI=1S/C24H25N3O3S2/c28-22(10-4-8-21-9-5-17-32-21)26-27-24(31)25-23(29)19-11-13-20(14-12-19)30-16-15-18-6-2-1-3-7-18/h1-3,5-7,9,11-14,17H,4,8,10,15-16H2,(H,26,28)(H2,25,27,29,31). The third-order valence-electron chi connectivity index (χ3n) is 4.57. The van der Waals surface area contributed by atoms with Crippen LogP contribution in [0.1, 0.15) is 33.6 Å². The number of nitrogens with one attached hydrogen (secondary N) is 3. The van der Waals surface area contributed by atoms with Gasteiger partial charge in [-0.15, -0.1) is 11.3 Å². The van der Waals surface area contributed by atoms with Crippen LogP contribution in [0.25, 0.3) is 0 Å². The van der Waals surface area contributed by atoms with Crippen molar-refractivity contribution >= 4 is 40.5 Å². The Balaban J connectivity index is 1.33. The highest BCUT2D eigenvalue weighted by Crippen LogP contribution is 2.13. The van der Waals surface area contributed by atoms with Crippen LogP contribution >= 0.6 is 23.6 Å². The van der Waals surface area contributed by atoms with Crippen LogP contribution in [0.3, 0.4) is 0 Å². The maximum Gasteiger partial charge on any atom is 0.257 e. The Hall–Kier alpha value is -3.23. The van der Waals surface area contributed by atoms with Gasteiger partial charge in [-0.05, 0) is 66.3 Å². The minimum Gasteiger partial charge on any atom is -0.493 e. The molecular formula is C24H25N3O3S2. The molecule has 2 aromatic carbocycles. The molecule has 0 atom stereocenters. The summed E-state index contributed by atoms with van der Waals surface area (Å²) in [6, 6.07) is 21.0. The number of thiophene rings is 1. The summed E-state index contributed by atoms with van der Waals surface area (Å²) in [6.07, 6.45) is 2.78. The number of amides is 2. The zero-order valence-electron chi connectivity index (χ0n) is 17.5. The smallest absolute Gasteiger partial charge is 0.257 e. The van der Waals surface area contributed by atoms with Crippen LogP contribution in [0.4, 0.5) is 0 Å². The van der Waals surface area contributed by atoms with Crippen molar-refractivity contribution in [3.8, 4) is 5.75 Å². The third kappa shape index (κ3) is 8.13. The topological polar surface area (TPSA) is 79.5 Å². The highest BCUT2D eigenvalue weighted by molar-refractivity contribution is 7.80. The van der Waals surface area contributed by atoms with Crippen molar-refractivity contribution in [3.05, 3.63) is 88.1 Å². The Morgan fingerprint density at radius 1 is 0.906 bits per heavy atom. The molecule has 2 amide bonds. The van der Waals surface area contributed by atoms with E-state index < -0.39 is 0 Å². The number of hydrazine groups is 1. The number of thiocarbonyl (C=S) groups is 1. The normalized spacial score (nSPS) is 10.2. The molecule has 0 unspecified atom stereocenters. The zero-order valence-corrected chi connectivity index (χ0v) is 19.1. The van der Waals surface area contributed by atoms with Crippen LogP contribution in [0, 0.1) is 0 Å². The van der Waals surface area contributed by atoms with E-state index >= 15 is 0 Å². The highest BCUT2D eigenvalue weighted by atomic mass is 32.1. The van der Waals surface area contributed by atoms with E-state index in [0.717, 1.165) is 19.3 Å². The monoisotopic (exact) mass is 467 g/mol. The Labute approximate surface area is 197 Å². The molecule has 166 valence electrons. The van der Waals surface area contributed by atoms with E-state index in [4.69, 9.17) is 17.0 Å². The van der Waals surface area contributed by atoms with E-state index in [1.54, 1.807) is 35.6 Å². The molecule has 32 heavy (non-hydrogen) atoms. The first kappa shape index (κ1) is 23.4. The molecule has 0 fully saturated rings. The first-order chi connectivity index (χ1) is 15.6. The van der Waals surface area contributed by atoms with Crippen LogP contribution in [0.2, 0.25) is 0 Å². The van der Waals surface area contributed by atoms with Gasteiger partial charge >= 0.3 is 0 Å². The Kier molecular flexibility index (Phi) is 9.21. The number of benzene rings is 2. The van der Waals surface area contributed by atoms with Gasteiger partial charge in [-0.25, -0.2) is 0 Å². The zero-order chi connectivity index (χ0) is 22.6. The number of hydrogen-bond donors (Lipinski definition) is 3. The van der Waals surface area contributed by atoms with Crippen LogP contribution in [0.15, 0.2) is 72.1 Å². The van der Waals surface area contributed by atoms with Crippen LogP contribution in [0.5, 0.6) is 5.75 Å². The van der Waals surface area contributed by atoms with E-state index in [1.807, 2.05) is 29.6 Å². The minimum absolute atomic E-state index is 0.0322. The lowest BCUT2D eigenvalue weighted by Gasteiger charge is -2.11. The molecule has 6 nitrogen and oxygen atoms in total. The number of aryl methyl sites for hydroxylation is 1. The molecule has 0 spiro atoms. The summed E-state index contributed by atoms with van der Waals surface area (Å²) in [7, 11) is 0. The van der Waals surface area contributed by atoms with Gasteiger partial charge < -0.3 is 4.74 Å². The first-order valence-electron chi connectivity index (χ1n) is 10.3. The fraction of sp³-hybridized carbons (Fsp3) is 0.208. The summed E-state index contributed by atoms with van der Waals surface area (Å²) in [5.74, 6) is 0.133. The summed E-state index contributed by atoms with van der Waals surface area (Å²) in [6.45, 7) is 0.552. The van der Waals surface area contributed by atoms with Crippen molar-refractivity contribution in [1.29, 1.82) is 0 Å². The predicted octanol–water partition coefficient (Wildman–Crippen LogP) is 4.03. The molecule has 0 aliphatic rings.